The third-order valence-corrected chi connectivity index (χ3v) is 4.20. The molecular formula is C22H21N5O. The molecule has 0 unspecified atom stereocenters. The number of hydrogen-bond donors (Lipinski definition) is 2. The molecule has 28 heavy (non-hydrogen) atoms. The van der Waals surface area contributed by atoms with Gasteiger partial charge in [0.2, 0.25) is 0 Å². The molecule has 0 saturated carbocycles. The Labute approximate surface area is 163 Å². The summed E-state index contributed by atoms with van der Waals surface area (Å²) in [5.41, 5.74) is 3.37. The van der Waals surface area contributed by atoms with Gasteiger partial charge < -0.3 is 15.2 Å². The third kappa shape index (κ3) is 4.35. The van der Waals surface area contributed by atoms with Crippen LogP contribution in [0.15, 0.2) is 71.3 Å². The van der Waals surface area contributed by atoms with E-state index in [1.165, 1.54) is 11.1 Å². The van der Waals surface area contributed by atoms with Crippen LogP contribution in [0.25, 0.3) is 11.4 Å². The minimum Gasteiger partial charge on any atom is -0.366 e. The number of hydrogen-bond acceptors (Lipinski definition) is 6. The van der Waals surface area contributed by atoms with Crippen molar-refractivity contribution in [1.29, 1.82) is 0 Å². The van der Waals surface area contributed by atoms with E-state index in [9.17, 15) is 0 Å². The van der Waals surface area contributed by atoms with Crippen molar-refractivity contribution in [3.63, 3.8) is 0 Å². The van der Waals surface area contributed by atoms with E-state index in [1.807, 2.05) is 49.4 Å². The van der Waals surface area contributed by atoms with Gasteiger partial charge in [-0.1, -0.05) is 65.3 Å². The first-order valence-electron chi connectivity index (χ1n) is 9.10. The summed E-state index contributed by atoms with van der Waals surface area (Å²) in [5, 5.41) is 10.6. The van der Waals surface area contributed by atoms with Crippen LogP contribution < -0.4 is 10.6 Å². The number of nitrogens with zero attached hydrogens (tertiary/aromatic N) is 3. The second-order valence-corrected chi connectivity index (χ2v) is 6.62. The molecule has 0 spiro atoms. The van der Waals surface area contributed by atoms with Crippen molar-refractivity contribution in [3.8, 4) is 11.4 Å². The molecule has 6 nitrogen and oxygen atoms in total. The van der Waals surface area contributed by atoms with Crippen molar-refractivity contribution in [1.82, 2.24) is 15.1 Å². The van der Waals surface area contributed by atoms with Gasteiger partial charge in [-0.15, -0.1) is 0 Å². The Balaban J connectivity index is 1.63. The summed E-state index contributed by atoms with van der Waals surface area (Å²) in [6.45, 7) is 4.61. The number of aromatic nitrogens is 3. The molecule has 2 heterocycles. The molecule has 4 rings (SSSR count). The van der Waals surface area contributed by atoms with E-state index in [1.54, 1.807) is 0 Å². The topological polar surface area (TPSA) is 75.9 Å². The first-order chi connectivity index (χ1) is 13.7. The van der Waals surface area contributed by atoms with Crippen LogP contribution in [0.5, 0.6) is 0 Å². The van der Waals surface area contributed by atoms with Gasteiger partial charge in [-0.05, 0) is 19.4 Å². The maximum absolute atomic E-state index is 5.13. The molecular weight excluding hydrogens is 350 g/mol. The van der Waals surface area contributed by atoms with Gasteiger partial charge in [-0.3, -0.25) is 0 Å². The third-order valence-electron chi connectivity index (χ3n) is 4.20. The molecule has 0 bridgehead atoms. The van der Waals surface area contributed by atoms with Gasteiger partial charge in [0.15, 0.2) is 11.6 Å². The van der Waals surface area contributed by atoms with Crippen LogP contribution in [0, 0.1) is 13.8 Å². The normalized spacial score (nSPS) is 10.6. The lowest BCUT2D eigenvalue weighted by Gasteiger charge is -2.11. The summed E-state index contributed by atoms with van der Waals surface area (Å²) in [6.07, 6.45) is 0. The fraction of sp³-hybridized carbons (Fsp3) is 0.136. The summed E-state index contributed by atoms with van der Waals surface area (Å²) in [4.78, 5) is 9.32. The van der Waals surface area contributed by atoms with Crippen LogP contribution in [0.2, 0.25) is 0 Å². The number of aryl methyl sites for hydroxylation is 2. The molecule has 140 valence electrons. The van der Waals surface area contributed by atoms with Gasteiger partial charge in [0, 0.05) is 24.2 Å². The Morgan fingerprint density at radius 2 is 1.64 bits per heavy atom. The maximum Gasteiger partial charge on any atom is 0.175 e. The Morgan fingerprint density at radius 1 is 0.821 bits per heavy atom. The van der Waals surface area contributed by atoms with E-state index >= 15 is 0 Å². The molecule has 2 aromatic carbocycles. The lowest BCUT2D eigenvalue weighted by Crippen LogP contribution is -2.05. The minimum atomic E-state index is 0.611. The minimum absolute atomic E-state index is 0.611. The first-order valence-corrected chi connectivity index (χ1v) is 9.10. The Bertz CT molecular complexity index is 1080. The lowest BCUT2D eigenvalue weighted by atomic mass is 10.1. The van der Waals surface area contributed by atoms with Crippen LogP contribution in [0.4, 0.5) is 17.5 Å². The second-order valence-electron chi connectivity index (χ2n) is 6.62. The molecule has 0 fully saturated rings. The van der Waals surface area contributed by atoms with Crippen molar-refractivity contribution in [2.45, 2.75) is 20.4 Å². The second kappa shape index (κ2) is 7.92. The first kappa shape index (κ1) is 17.7. The highest BCUT2D eigenvalue weighted by Gasteiger charge is 2.09. The summed E-state index contributed by atoms with van der Waals surface area (Å²) in [6, 6.07) is 22.0. The highest BCUT2D eigenvalue weighted by atomic mass is 16.5. The monoisotopic (exact) mass is 371 g/mol. The number of anilines is 3. The SMILES string of the molecule is Cc1cccc(CNc2cc(Nc3cc(C)on3)nc(-c3ccccc3)n2)c1. The Kier molecular flexibility index (Phi) is 5.01. The molecule has 4 aromatic rings. The zero-order valence-corrected chi connectivity index (χ0v) is 15.8. The maximum atomic E-state index is 5.13. The molecule has 6 heteroatoms. The molecule has 0 amide bonds. The summed E-state index contributed by atoms with van der Waals surface area (Å²) in [5.74, 6) is 3.36. The summed E-state index contributed by atoms with van der Waals surface area (Å²) in [7, 11) is 0. The molecule has 2 aromatic heterocycles. The van der Waals surface area contributed by atoms with E-state index in [4.69, 9.17) is 4.52 Å². The lowest BCUT2D eigenvalue weighted by molar-refractivity contribution is 0.400. The molecule has 0 aliphatic carbocycles. The molecule has 2 N–H and O–H groups in total. The quantitative estimate of drug-likeness (QED) is 0.491. The van der Waals surface area contributed by atoms with Crippen molar-refractivity contribution in [2.75, 3.05) is 10.6 Å². The largest absolute Gasteiger partial charge is 0.366 e. The smallest absolute Gasteiger partial charge is 0.175 e. The average molecular weight is 371 g/mol. The van der Waals surface area contributed by atoms with E-state index in [-0.39, 0.29) is 0 Å². The Hall–Kier alpha value is -3.67. The van der Waals surface area contributed by atoms with Crippen molar-refractivity contribution < 1.29 is 4.52 Å². The van der Waals surface area contributed by atoms with E-state index in [0.29, 0.717) is 24.0 Å². The summed E-state index contributed by atoms with van der Waals surface area (Å²) >= 11 is 0. The van der Waals surface area contributed by atoms with Crippen LogP contribution in [0.3, 0.4) is 0 Å². The van der Waals surface area contributed by atoms with Crippen LogP contribution in [0.1, 0.15) is 16.9 Å². The van der Waals surface area contributed by atoms with E-state index in [2.05, 4.69) is 56.9 Å². The van der Waals surface area contributed by atoms with Crippen molar-refractivity contribution >= 4 is 17.5 Å². The molecule has 0 atom stereocenters. The van der Waals surface area contributed by atoms with Crippen molar-refractivity contribution in [2.24, 2.45) is 0 Å². The van der Waals surface area contributed by atoms with Gasteiger partial charge in [-0.2, -0.15) is 0 Å². The van der Waals surface area contributed by atoms with Crippen molar-refractivity contribution in [3.05, 3.63) is 83.6 Å². The van der Waals surface area contributed by atoms with Crippen LogP contribution in [-0.2, 0) is 6.54 Å². The van der Waals surface area contributed by atoms with Crippen LogP contribution >= 0.6 is 0 Å². The van der Waals surface area contributed by atoms with Gasteiger partial charge in [0.05, 0.1) is 0 Å². The van der Waals surface area contributed by atoms with E-state index < -0.39 is 0 Å². The Morgan fingerprint density at radius 3 is 2.39 bits per heavy atom. The van der Waals surface area contributed by atoms with Gasteiger partial charge in [0.25, 0.3) is 0 Å². The summed E-state index contributed by atoms with van der Waals surface area (Å²) < 4.78 is 5.13. The number of nitrogens with one attached hydrogen (secondary N) is 2. The standard InChI is InChI=1S/C22H21N5O/c1-15-7-6-8-17(11-15)14-23-19-13-20(24-21-12-16(2)28-27-21)26-22(25-19)18-9-4-3-5-10-18/h3-13H,14H2,1-2H3,(H2,23,24,25,26,27). The highest BCUT2D eigenvalue weighted by molar-refractivity contribution is 5.63. The van der Waals surface area contributed by atoms with Crippen LogP contribution in [-0.4, -0.2) is 15.1 Å². The predicted octanol–water partition coefficient (Wildman–Crippen LogP) is 5.10. The molecule has 0 saturated heterocycles. The van der Waals surface area contributed by atoms with Gasteiger partial charge in [0.1, 0.15) is 17.4 Å². The zero-order valence-electron chi connectivity index (χ0n) is 15.8. The molecule has 0 aliphatic rings. The number of rotatable bonds is 6. The zero-order chi connectivity index (χ0) is 19.3. The van der Waals surface area contributed by atoms with E-state index in [0.717, 1.165) is 17.1 Å². The number of benzene rings is 2. The average Bonchev–Trinajstić information content (AvgIpc) is 3.11. The highest BCUT2D eigenvalue weighted by Crippen LogP contribution is 2.23. The van der Waals surface area contributed by atoms with Gasteiger partial charge in [-0.25, -0.2) is 9.97 Å². The molecule has 0 radical (unpaired) electrons. The van der Waals surface area contributed by atoms with Gasteiger partial charge >= 0.3 is 0 Å². The molecule has 0 aliphatic heterocycles. The predicted molar refractivity (Wildman–Crippen MR) is 110 cm³/mol. The fourth-order valence-electron chi connectivity index (χ4n) is 2.89. The fourth-order valence-corrected chi connectivity index (χ4v) is 2.89.